The molecule has 0 bridgehead atoms. The van der Waals surface area contributed by atoms with Crippen LogP contribution in [-0.2, 0) is 0 Å². The van der Waals surface area contributed by atoms with Crippen LogP contribution in [0.1, 0.15) is 18.6 Å². The highest BCUT2D eigenvalue weighted by Crippen LogP contribution is 2.34. The van der Waals surface area contributed by atoms with Gasteiger partial charge in [-0.25, -0.2) is 4.98 Å². The summed E-state index contributed by atoms with van der Waals surface area (Å²) in [5, 5.41) is 1.74. The molecule has 0 aliphatic heterocycles. The quantitative estimate of drug-likeness (QED) is 0.702. The fourth-order valence-electron chi connectivity index (χ4n) is 2.16. The van der Waals surface area contributed by atoms with E-state index in [0.29, 0.717) is 15.2 Å². The zero-order valence-corrected chi connectivity index (χ0v) is 13.5. The van der Waals surface area contributed by atoms with E-state index in [0.717, 1.165) is 21.5 Å². The third-order valence-electron chi connectivity index (χ3n) is 3.10. The second-order valence-electron chi connectivity index (χ2n) is 4.58. The number of nitrogen functional groups attached to an aromatic ring is 1. The van der Waals surface area contributed by atoms with E-state index in [9.17, 15) is 0 Å². The molecule has 0 saturated heterocycles. The van der Waals surface area contributed by atoms with Crippen molar-refractivity contribution in [2.24, 2.45) is 0 Å². The number of hydrogen-bond donors (Lipinski definition) is 1. The van der Waals surface area contributed by atoms with E-state index in [2.05, 4.69) is 4.98 Å². The maximum atomic E-state index is 6.20. The molecule has 0 fully saturated rings. The van der Waals surface area contributed by atoms with Gasteiger partial charge in [-0.3, -0.25) is 0 Å². The van der Waals surface area contributed by atoms with Crippen molar-refractivity contribution < 1.29 is 4.74 Å². The first kappa shape index (κ1) is 14.4. The van der Waals surface area contributed by atoms with Crippen LogP contribution in [-0.4, -0.2) is 4.98 Å². The lowest BCUT2D eigenvalue weighted by molar-refractivity contribution is 0.227. The van der Waals surface area contributed by atoms with Crippen molar-refractivity contribution in [3.8, 4) is 5.75 Å². The molecule has 6 heteroatoms. The van der Waals surface area contributed by atoms with Crippen LogP contribution in [0.15, 0.2) is 36.4 Å². The van der Waals surface area contributed by atoms with Crippen LogP contribution >= 0.6 is 34.5 Å². The Kier molecular flexibility index (Phi) is 3.93. The Morgan fingerprint density at radius 2 is 1.90 bits per heavy atom. The normalized spacial score (nSPS) is 12.5. The lowest BCUT2D eigenvalue weighted by atomic mass is 10.1. The van der Waals surface area contributed by atoms with Gasteiger partial charge in [-0.05, 0) is 37.3 Å². The Balaban J connectivity index is 1.90. The number of fused-ring (bicyclic) bond motifs is 1. The second kappa shape index (κ2) is 5.72. The average Bonchev–Trinajstić information content (AvgIpc) is 2.77. The molecule has 3 nitrogen and oxygen atoms in total. The summed E-state index contributed by atoms with van der Waals surface area (Å²) < 4.78 is 6.94. The van der Waals surface area contributed by atoms with E-state index >= 15 is 0 Å². The highest BCUT2D eigenvalue weighted by atomic mass is 35.5. The zero-order chi connectivity index (χ0) is 15.0. The summed E-state index contributed by atoms with van der Waals surface area (Å²) in [6, 6.07) is 11.1. The van der Waals surface area contributed by atoms with Gasteiger partial charge in [0.2, 0.25) is 0 Å². The van der Waals surface area contributed by atoms with Crippen LogP contribution in [0.3, 0.4) is 0 Å². The summed E-state index contributed by atoms with van der Waals surface area (Å²) in [5.74, 6) is 0.731. The number of hydrogen-bond acceptors (Lipinski definition) is 4. The van der Waals surface area contributed by atoms with Crippen molar-refractivity contribution in [3.63, 3.8) is 0 Å². The molecule has 1 atom stereocenters. The molecular formula is C15H12Cl2N2OS. The van der Waals surface area contributed by atoms with Gasteiger partial charge in [-0.15, -0.1) is 0 Å². The fraction of sp³-hybridized carbons (Fsp3) is 0.133. The van der Waals surface area contributed by atoms with Gasteiger partial charge >= 0.3 is 0 Å². The number of thiazole rings is 1. The monoisotopic (exact) mass is 338 g/mol. The van der Waals surface area contributed by atoms with Gasteiger partial charge in [-0.1, -0.05) is 40.6 Å². The predicted octanol–water partition coefficient (Wildman–Crippen LogP) is 5.33. The summed E-state index contributed by atoms with van der Waals surface area (Å²) in [6.07, 6.45) is -0.256. The molecule has 0 amide bonds. The van der Waals surface area contributed by atoms with E-state index in [1.807, 2.05) is 31.2 Å². The molecule has 0 aliphatic rings. The molecule has 3 aromatic rings. The number of ether oxygens (including phenoxy) is 1. The maximum Gasteiger partial charge on any atom is 0.181 e. The molecule has 0 saturated carbocycles. The molecule has 0 radical (unpaired) electrons. The number of benzene rings is 2. The smallest absolute Gasteiger partial charge is 0.181 e. The second-order valence-corrected chi connectivity index (χ2v) is 6.45. The first-order valence-electron chi connectivity index (χ1n) is 6.31. The highest BCUT2D eigenvalue weighted by Gasteiger charge is 2.15. The zero-order valence-electron chi connectivity index (χ0n) is 11.1. The van der Waals surface area contributed by atoms with Crippen molar-refractivity contribution in [2.45, 2.75) is 13.0 Å². The Hall–Kier alpha value is -1.49. The Morgan fingerprint density at radius 1 is 1.19 bits per heavy atom. The molecule has 21 heavy (non-hydrogen) atoms. The van der Waals surface area contributed by atoms with Crippen LogP contribution in [0, 0.1) is 0 Å². The van der Waals surface area contributed by atoms with Crippen molar-refractivity contribution in [3.05, 3.63) is 52.0 Å². The number of aromatic nitrogens is 1. The van der Waals surface area contributed by atoms with Crippen LogP contribution in [0.5, 0.6) is 5.75 Å². The largest absolute Gasteiger partial charge is 0.486 e. The van der Waals surface area contributed by atoms with E-state index in [1.54, 1.807) is 12.1 Å². The van der Waals surface area contributed by atoms with Crippen molar-refractivity contribution in [1.82, 2.24) is 4.98 Å². The number of nitrogens with zero attached hydrogens (tertiary/aromatic N) is 1. The molecule has 1 unspecified atom stereocenters. The summed E-state index contributed by atoms with van der Waals surface area (Å²) in [7, 11) is 0. The molecule has 1 heterocycles. The minimum Gasteiger partial charge on any atom is -0.486 e. The minimum absolute atomic E-state index is 0.256. The SMILES string of the molecule is CC(Oc1ccc2nc(N)sc2c1)c1c(Cl)cccc1Cl. The summed E-state index contributed by atoms with van der Waals surface area (Å²) in [4.78, 5) is 4.22. The molecule has 0 aliphatic carbocycles. The molecule has 1 aromatic heterocycles. The molecule has 108 valence electrons. The predicted molar refractivity (Wildman–Crippen MR) is 89.5 cm³/mol. The van der Waals surface area contributed by atoms with E-state index in [1.165, 1.54) is 11.3 Å². The Labute approximate surface area is 136 Å². The molecule has 3 rings (SSSR count). The lowest BCUT2D eigenvalue weighted by Gasteiger charge is -2.17. The number of rotatable bonds is 3. The lowest BCUT2D eigenvalue weighted by Crippen LogP contribution is -2.04. The van der Waals surface area contributed by atoms with Gasteiger partial charge in [0.25, 0.3) is 0 Å². The summed E-state index contributed by atoms with van der Waals surface area (Å²) in [5.41, 5.74) is 7.36. The van der Waals surface area contributed by atoms with Crippen LogP contribution in [0.25, 0.3) is 10.2 Å². The Morgan fingerprint density at radius 3 is 2.62 bits per heavy atom. The third kappa shape index (κ3) is 2.93. The number of nitrogens with two attached hydrogens (primary N) is 1. The van der Waals surface area contributed by atoms with Gasteiger partial charge in [0.15, 0.2) is 5.13 Å². The summed E-state index contributed by atoms with van der Waals surface area (Å²) in [6.45, 7) is 1.92. The van der Waals surface area contributed by atoms with Gasteiger partial charge in [0.05, 0.1) is 10.2 Å². The van der Waals surface area contributed by atoms with E-state index in [4.69, 9.17) is 33.7 Å². The topological polar surface area (TPSA) is 48.1 Å². The number of anilines is 1. The van der Waals surface area contributed by atoms with Gasteiger partial charge < -0.3 is 10.5 Å². The summed E-state index contributed by atoms with van der Waals surface area (Å²) >= 11 is 13.8. The third-order valence-corrected chi connectivity index (χ3v) is 4.60. The Bertz CT molecular complexity index is 783. The van der Waals surface area contributed by atoms with Crippen LogP contribution in [0.4, 0.5) is 5.13 Å². The average molecular weight is 339 g/mol. The first-order chi connectivity index (χ1) is 10.0. The molecule has 0 spiro atoms. The first-order valence-corrected chi connectivity index (χ1v) is 7.88. The van der Waals surface area contributed by atoms with E-state index in [-0.39, 0.29) is 6.10 Å². The number of halogens is 2. The van der Waals surface area contributed by atoms with E-state index < -0.39 is 0 Å². The molecule has 2 N–H and O–H groups in total. The van der Waals surface area contributed by atoms with Crippen LogP contribution in [0.2, 0.25) is 10.0 Å². The van der Waals surface area contributed by atoms with Crippen LogP contribution < -0.4 is 10.5 Å². The fourth-order valence-corrected chi connectivity index (χ4v) is 3.63. The molecular weight excluding hydrogens is 327 g/mol. The highest BCUT2D eigenvalue weighted by molar-refractivity contribution is 7.22. The van der Waals surface area contributed by atoms with Gasteiger partial charge in [0.1, 0.15) is 11.9 Å². The van der Waals surface area contributed by atoms with Gasteiger partial charge in [-0.2, -0.15) is 0 Å². The standard InChI is InChI=1S/C15H12Cl2N2OS/c1-8(14-10(16)3-2-4-11(14)17)20-9-5-6-12-13(7-9)21-15(18)19-12/h2-8H,1H3,(H2,18,19). The maximum absolute atomic E-state index is 6.20. The molecule has 2 aromatic carbocycles. The van der Waals surface area contributed by atoms with Crippen molar-refractivity contribution >= 4 is 49.9 Å². The minimum atomic E-state index is -0.256. The van der Waals surface area contributed by atoms with Gasteiger partial charge in [0, 0.05) is 15.6 Å². The van der Waals surface area contributed by atoms with Crippen molar-refractivity contribution in [1.29, 1.82) is 0 Å². The van der Waals surface area contributed by atoms with Crippen molar-refractivity contribution in [2.75, 3.05) is 5.73 Å².